The number of pyridine rings is 1. The number of hydrogen-bond acceptors (Lipinski definition) is 4. The molecular formula is C20H17FN2O2S. The van der Waals surface area contributed by atoms with Crippen LogP contribution in [0.2, 0.25) is 0 Å². The van der Waals surface area contributed by atoms with Gasteiger partial charge in [0.15, 0.2) is 0 Å². The summed E-state index contributed by atoms with van der Waals surface area (Å²) in [6, 6.07) is 15.3. The van der Waals surface area contributed by atoms with Crippen LogP contribution in [0.25, 0.3) is 0 Å². The minimum absolute atomic E-state index is 0.155. The maximum absolute atomic E-state index is 13.4. The van der Waals surface area contributed by atoms with E-state index in [1.54, 1.807) is 18.0 Å². The predicted molar refractivity (Wildman–Crippen MR) is 101 cm³/mol. The minimum atomic E-state index is -0.488. The van der Waals surface area contributed by atoms with Gasteiger partial charge in [-0.2, -0.15) is 0 Å². The van der Waals surface area contributed by atoms with Crippen molar-refractivity contribution in [1.29, 1.82) is 0 Å². The normalized spacial score (nSPS) is 10.4. The third-order valence-corrected chi connectivity index (χ3v) is 4.73. The summed E-state index contributed by atoms with van der Waals surface area (Å²) in [5, 5.41) is 2.76. The Hall–Kier alpha value is -2.86. The second-order valence-electron chi connectivity index (χ2n) is 5.47. The summed E-state index contributed by atoms with van der Waals surface area (Å²) in [6.45, 7) is 0. The van der Waals surface area contributed by atoms with Crippen molar-refractivity contribution < 1.29 is 13.9 Å². The summed E-state index contributed by atoms with van der Waals surface area (Å²) in [5.41, 5.74) is 1.93. The van der Waals surface area contributed by atoms with E-state index in [1.165, 1.54) is 19.2 Å². The fraction of sp³-hybridized carbons (Fsp3) is 0.100. The molecule has 0 unspecified atom stereocenters. The van der Waals surface area contributed by atoms with E-state index in [-0.39, 0.29) is 5.56 Å². The first-order valence-corrected chi connectivity index (χ1v) is 8.91. The second kappa shape index (κ2) is 8.49. The number of nitrogens with zero attached hydrogens (tertiary/aromatic N) is 1. The molecule has 6 heteroatoms. The average molecular weight is 368 g/mol. The molecule has 0 saturated carbocycles. The standard InChI is InChI=1S/C20H17FN2O2S/c1-25-19-9-4-15(21)11-18(19)20(24)23-16-5-7-17(8-6-16)26-13-14-3-2-10-22-12-14/h2-12H,13H2,1H3,(H,23,24). The Morgan fingerprint density at radius 3 is 2.69 bits per heavy atom. The van der Waals surface area contributed by atoms with Crippen molar-refractivity contribution in [3.8, 4) is 5.75 Å². The number of carbonyl (C=O) groups is 1. The monoisotopic (exact) mass is 368 g/mol. The van der Waals surface area contributed by atoms with Gasteiger partial charge in [0, 0.05) is 28.7 Å². The van der Waals surface area contributed by atoms with Crippen molar-refractivity contribution >= 4 is 23.4 Å². The van der Waals surface area contributed by atoms with E-state index in [2.05, 4.69) is 10.3 Å². The van der Waals surface area contributed by atoms with Gasteiger partial charge in [0.2, 0.25) is 0 Å². The molecule has 26 heavy (non-hydrogen) atoms. The molecule has 1 heterocycles. The fourth-order valence-corrected chi connectivity index (χ4v) is 3.17. The number of amides is 1. The van der Waals surface area contributed by atoms with Crippen LogP contribution in [0.3, 0.4) is 0 Å². The maximum atomic E-state index is 13.4. The molecule has 0 fully saturated rings. The molecule has 0 bridgehead atoms. The lowest BCUT2D eigenvalue weighted by atomic mass is 10.1. The lowest BCUT2D eigenvalue weighted by molar-refractivity contribution is 0.102. The van der Waals surface area contributed by atoms with Gasteiger partial charge in [0.05, 0.1) is 12.7 Å². The van der Waals surface area contributed by atoms with Crippen LogP contribution in [0, 0.1) is 5.82 Å². The first-order chi connectivity index (χ1) is 12.7. The Kier molecular flexibility index (Phi) is 5.86. The number of carbonyl (C=O) groups excluding carboxylic acids is 1. The second-order valence-corrected chi connectivity index (χ2v) is 6.52. The zero-order chi connectivity index (χ0) is 18.4. The van der Waals surface area contributed by atoms with Gasteiger partial charge in [-0.25, -0.2) is 4.39 Å². The van der Waals surface area contributed by atoms with E-state index in [4.69, 9.17) is 4.74 Å². The van der Waals surface area contributed by atoms with Gasteiger partial charge in [-0.1, -0.05) is 6.07 Å². The largest absolute Gasteiger partial charge is 0.496 e. The summed E-state index contributed by atoms with van der Waals surface area (Å²) in [6.07, 6.45) is 3.59. The molecular weight excluding hydrogens is 351 g/mol. The zero-order valence-electron chi connectivity index (χ0n) is 14.1. The van der Waals surface area contributed by atoms with E-state index in [1.807, 2.05) is 42.6 Å². The Morgan fingerprint density at radius 2 is 2.00 bits per heavy atom. The topological polar surface area (TPSA) is 51.2 Å². The summed E-state index contributed by atoms with van der Waals surface area (Å²) in [4.78, 5) is 17.5. The maximum Gasteiger partial charge on any atom is 0.259 e. The Bertz CT molecular complexity index is 886. The third-order valence-electron chi connectivity index (χ3n) is 3.65. The Balaban J connectivity index is 1.64. The summed E-state index contributed by atoms with van der Waals surface area (Å²) in [7, 11) is 1.44. The summed E-state index contributed by atoms with van der Waals surface area (Å²) >= 11 is 1.68. The Labute approximate surface area is 155 Å². The SMILES string of the molecule is COc1ccc(F)cc1C(=O)Nc1ccc(SCc2cccnc2)cc1. The third kappa shape index (κ3) is 4.61. The van der Waals surface area contributed by atoms with Crippen LogP contribution in [0.15, 0.2) is 71.9 Å². The lowest BCUT2D eigenvalue weighted by Crippen LogP contribution is -2.13. The van der Waals surface area contributed by atoms with Crippen molar-refractivity contribution in [2.75, 3.05) is 12.4 Å². The van der Waals surface area contributed by atoms with Gasteiger partial charge < -0.3 is 10.1 Å². The van der Waals surface area contributed by atoms with Gasteiger partial charge in [0.25, 0.3) is 5.91 Å². The molecule has 0 spiro atoms. The fourth-order valence-electron chi connectivity index (χ4n) is 2.34. The molecule has 3 rings (SSSR count). The molecule has 132 valence electrons. The van der Waals surface area contributed by atoms with Gasteiger partial charge in [-0.05, 0) is 54.1 Å². The molecule has 0 atom stereocenters. The number of nitrogens with one attached hydrogen (secondary N) is 1. The van der Waals surface area contributed by atoms with E-state index in [0.717, 1.165) is 22.3 Å². The number of anilines is 1. The number of ether oxygens (including phenoxy) is 1. The lowest BCUT2D eigenvalue weighted by Gasteiger charge is -2.10. The highest BCUT2D eigenvalue weighted by Crippen LogP contribution is 2.25. The first-order valence-electron chi connectivity index (χ1n) is 7.92. The smallest absolute Gasteiger partial charge is 0.259 e. The van der Waals surface area contributed by atoms with Crippen LogP contribution < -0.4 is 10.1 Å². The Morgan fingerprint density at radius 1 is 1.19 bits per heavy atom. The molecule has 2 aromatic carbocycles. The average Bonchev–Trinajstić information content (AvgIpc) is 2.68. The number of benzene rings is 2. The molecule has 0 aliphatic rings. The predicted octanol–water partition coefficient (Wildman–Crippen LogP) is 4.77. The van der Waals surface area contributed by atoms with Gasteiger partial charge in [0.1, 0.15) is 11.6 Å². The van der Waals surface area contributed by atoms with Crippen molar-refractivity contribution in [2.45, 2.75) is 10.6 Å². The van der Waals surface area contributed by atoms with Crippen molar-refractivity contribution in [1.82, 2.24) is 4.98 Å². The van der Waals surface area contributed by atoms with Crippen molar-refractivity contribution in [3.63, 3.8) is 0 Å². The molecule has 4 nitrogen and oxygen atoms in total. The molecule has 0 saturated heterocycles. The molecule has 0 aliphatic carbocycles. The molecule has 3 aromatic rings. The summed E-state index contributed by atoms with van der Waals surface area (Å²) < 4.78 is 18.5. The number of halogens is 1. The van der Waals surface area contributed by atoms with E-state index in [0.29, 0.717) is 11.4 Å². The van der Waals surface area contributed by atoms with Crippen molar-refractivity contribution in [3.05, 3.63) is 83.9 Å². The molecule has 0 radical (unpaired) electrons. The van der Waals surface area contributed by atoms with Crippen LogP contribution in [0.4, 0.5) is 10.1 Å². The number of hydrogen-bond donors (Lipinski definition) is 1. The molecule has 1 amide bonds. The van der Waals surface area contributed by atoms with Crippen LogP contribution >= 0.6 is 11.8 Å². The number of methoxy groups -OCH3 is 1. The molecule has 1 aromatic heterocycles. The number of thioether (sulfide) groups is 1. The molecule has 1 N–H and O–H groups in total. The highest BCUT2D eigenvalue weighted by atomic mass is 32.2. The minimum Gasteiger partial charge on any atom is -0.496 e. The van der Waals surface area contributed by atoms with Gasteiger partial charge in [-0.3, -0.25) is 9.78 Å². The van der Waals surface area contributed by atoms with E-state index in [9.17, 15) is 9.18 Å². The van der Waals surface area contributed by atoms with Crippen LogP contribution in [-0.2, 0) is 5.75 Å². The first kappa shape index (κ1) is 17.9. The van der Waals surface area contributed by atoms with E-state index >= 15 is 0 Å². The van der Waals surface area contributed by atoms with E-state index < -0.39 is 11.7 Å². The number of aromatic nitrogens is 1. The number of rotatable bonds is 6. The highest BCUT2D eigenvalue weighted by Gasteiger charge is 2.13. The van der Waals surface area contributed by atoms with Gasteiger partial charge in [-0.15, -0.1) is 11.8 Å². The van der Waals surface area contributed by atoms with Gasteiger partial charge >= 0.3 is 0 Å². The summed E-state index contributed by atoms with van der Waals surface area (Å²) in [5.74, 6) is 0.239. The highest BCUT2D eigenvalue weighted by molar-refractivity contribution is 7.98. The van der Waals surface area contributed by atoms with Crippen molar-refractivity contribution in [2.24, 2.45) is 0 Å². The van der Waals surface area contributed by atoms with Crippen LogP contribution in [-0.4, -0.2) is 18.0 Å². The molecule has 0 aliphatic heterocycles. The van der Waals surface area contributed by atoms with Crippen LogP contribution in [0.1, 0.15) is 15.9 Å². The van der Waals surface area contributed by atoms with Crippen LogP contribution in [0.5, 0.6) is 5.75 Å². The zero-order valence-corrected chi connectivity index (χ0v) is 14.9. The quantitative estimate of drug-likeness (QED) is 0.637.